The summed E-state index contributed by atoms with van der Waals surface area (Å²) in [4.78, 5) is 34.2. The van der Waals surface area contributed by atoms with Crippen LogP contribution in [-0.2, 0) is 47.1 Å². The van der Waals surface area contributed by atoms with Crippen molar-refractivity contribution >= 4 is 105 Å². The Morgan fingerprint density at radius 2 is 1.45 bits per heavy atom. The molecule has 0 aromatic heterocycles. The molecule has 5 aromatic rings. The number of hydrogen-bond acceptors (Lipinski definition) is 14. The summed E-state index contributed by atoms with van der Waals surface area (Å²) in [5.74, 6) is -1.69. The number of hydrogen-bond donors (Lipinski definition) is 6. The first-order valence-electron chi connectivity index (χ1n) is 15.8. The van der Waals surface area contributed by atoms with Gasteiger partial charge in [-0.25, -0.2) is 13.6 Å². The Labute approximate surface area is 351 Å². The molecule has 7 N–H and O–H groups in total. The van der Waals surface area contributed by atoms with Crippen LogP contribution in [0.15, 0.2) is 112 Å². The van der Waals surface area contributed by atoms with Gasteiger partial charge in [0.2, 0.25) is 21.6 Å². The van der Waals surface area contributed by atoms with E-state index in [0.29, 0.717) is 27.6 Å². The number of non-ortho nitro benzene ring substituents is 1. The molecule has 0 spiro atoms. The van der Waals surface area contributed by atoms with Gasteiger partial charge in [-0.15, -0.1) is 0 Å². The zero-order valence-corrected chi connectivity index (χ0v) is 33.2. The van der Waals surface area contributed by atoms with Crippen molar-refractivity contribution in [1.29, 1.82) is 0 Å². The summed E-state index contributed by atoms with van der Waals surface area (Å²) in [6.07, 6.45) is 3.46. The summed E-state index contributed by atoms with van der Waals surface area (Å²) < 4.78 is 55.8. The second-order valence-corrected chi connectivity index (χ2v) is 15.7. The molecule has 17 nitrogen and oxygen atoms in total. The van der Waals surface area contributed by atoms with E-state index in [2.05, 4.69) is 21.1 Å². The number of sulfonamides is 1. The van der Waals surface area contributed by atoms with Gasteiger partial charge in [0.1, 0.15) is 33.5 Å². The first-order valence-corrected chi connectivity index (χ1v) is 19.6. The maximum atomic E-state index is 12.6. The zero-order chi connectivity index (χ0) is 41.4. The van der Waals surface area contributed by atoms with Crippen LogP contribution in [0.5, 0.6) is 11.5 Å². The number of nitrogens with zero attached hydrogens (tertiary/aromatic N) is 3. The molecular weight excluding hydrogens is 879 g/mol. The molecule has 22 heteroatoms. The summed E-state index contributed by atoms with van der Waals surface area (Å²) in [5.41, 5.74) is 5.16. The zero-order valence-electron chi connectivity index (χ0n) is 30.8. The predicted octanol–water partition coefficient (Wildman–Crippen LogP) is 6.06. The average molecular weight is 906 g/mol. The van der Waals surface area contributed by atoms with Gasteiger partial charge in [-0.3, -0.25) is 35.1 Å². The normalized spacial score (nSPS) is 14.8. The van der Waals surface area contributed by atoms with E-state index >= 15 is 0 Å². The van der Waals surface area contributed by atoms with Crippen molar-refractivity contribution in [2.75, 3.05) is 10.9 Å². The Morgan fingerprint density at radius 1 is 0.776 bits per heavy atom. The molecule has 5 aromatic carbocycles. The maximum Gasteiger partial charge on any atom is 1.00 e. The fraction of sp³-hybridized carbons (Fsp3) is 0. The molecule has 0 aliphatic heterocycles. The van der Waals surface area contributed by atoms with Crippen LogP contribution < -0.4 is 16.0 Å². The fourth-order valence-electron chi connectivity index (χ4n) is 5.61. The molecule has 58 heavy (non-hydrogen) atoms. The number of nitro benzene ring substituents is 1. The number of halogens is 2. The molecule has 0 saturated carbocycles. The molecule has 0 atom stereocenters. The third kappa shape index (κ3) is 8.94. The predicted molar refractivity (Wildman–Crippen MR) is 216 cm³/mol. The van der Waals surface area contributed by atoms with E-state index in [0.717, 1.165) is 35.7 Å². The van der Waals surface area contributed by atoms with Gasteiger partial charge in [0.15, 0.2) is 0 Å². The smallest absolute Gasteiger partial charge is 0.506 e. The van der Waals surface area contributed by atoms with Crippen LogP contribution in [0.3, 0.4) is 0 Å². The molecular formula is C36H26Cl2CrN6O11S2+2. The van der Waals surface area contributed by atoms with Gasteiger partial charge in [-0.2, -0.15) is 18.6 Å². The topological polar surface area (TPSA) is 281 Å². The van der Waals surface area contributed by atoms with Crippen LogP contribution in [0.2, 0.25) is 10.0 Å². The van der Waals surface area contributed by atoms with Gasteiger partial charge < -0.3 is 10.2 Å². The first-order chi connectivity index (χ1) is 26.8. The molecule has 0 amide bonds. The monoisotopic (exact) mass is 904 g/mol. The average Bonchev–Trinajstić information content (AvgIpc) is 3.15. The van der Waals surface area contributed by atoms with E-state index in [4.69, 9.17) is 28.3 Å². The molecule has 0 heterocycles. The SMILES string of the molecule is NS(=O)(=O)c1ccc(O)c(N/N=C2\C(=O)C=Cc3c(Cl)ccc(Cl)c32)c1.O=C1C=C(S(=O)(=O)O)c2cc([N+](=O)[O-])ccc2/C1=N/Nc1c(O)ccc2ccccc12.[Cr].[H+].[H+]. The summed E-state index contributed by atoms with van der Waals surface area (Å²) in [6.45, 7) is 0. The van der Waals surface area contributed by atoms with Crippen molar-refractivity contribution in [1.82, 2.24) is 0 Å². The van der Waals surface area contributed by atoms with Gasteiger partial charge in [-0.05, 0) is 60.0 Å². The number of carbonyl (C=O) groups excluding carboxylic acids is 2. The number of phenolic OH excluding ortho intramolecular Hbond substituents is 2. The maximum absolute atomic E-state index is 12.6. The van der Waals surface area contributed by atoms with E-state index in [1.807, 2.05) is 12.1 Å². The number of nitrogens with one attached hydrogen (secondary N) is 2. The van der Waals surface area contributed by atoms with Crippen molar-refractivity contribution < 1.29 is 66.3 Å². The molecule has 2 aliphatic carbocycles. The Morgan fingerprint density at radius 3 is 2.14 bits per heavy atom. The number of nitrogens with two attached hydrogens (primary N) is 1. The number of anilines is 2. The second-order valence-electron chi connectivity index (χ2n) is 11.9. The minimum atomic E-state index is -4.84. The van der Waals surface area contributed by atoms with E-state index in [1.54, 1.807) is 24.3 Å². The molecule has 2 aliphatic rings. The molecule has 0 radical (unpaired) electrons. The van der Waals surface area contributed by atoms with Gasteiger partial charge in [0.05, 0.1) is 20.5 Å². The third-order valence-corrected chi connectivity index (χ3v) is 10.7. The summed E-state index contributed by atoms with van der Waals surface area (Å²) in [5, 5.41) is 46.4. The number of nitro groups is 1. The Hall–Kier alpha value is -5.95. The van der Waals surface area contributed by atoms with Crippen molar-refractivity contribution in [2.45, 2.75) is 4.90 Å². The number of rotatable bonds is 7. The summed E-state index contributed by atoms with van der Waals surface area (Å²) in [7, 11) is -8.81. The van der Waals surface area contributed by atoms with E-state index < -0.39 is 47.2 Å². The van der Waals surface area contributed by atoms with Crippen molar-refractivity contribution in [2.24, 2.45) is 15.3 Å². The summed E-state index contributed by atoms with van der Waals surface area (Å²) in [6, 6.07) is 20.0. The number of benzene rings is 5. The molecule has 296 valence electrons. The minimum Gasteiger partial charge on any atom is -0.506 e. The molecule has 0 fully saturated rings. The van der Waals surface area contributed by atoms with Crippen molar-refractivity contribution in [3.05, 3.63) is 139 Å². The second kappa shape index (κ2) is 16.9. The molecule has 0 saturated heterocycles. The number of hydrazone groups is 2. The van der Waals surface area contributed by atoms with Crippen LogP contribution in [0.4, 0.5) is 17.1 Å². The molecule has 0 unspecified atom stereocenters. The number of fused-ring (bicyclic) bond motifs is 3. The van der Waals surface area contributed by atoms with Crippen molar-refractivity contribution in [3.63, 3.8) is 0 Å². The van der Waals surface area contributed by atoms with E-state index in [9.17, 15) is 51.3 Å². The number of ketones is 2. The summed E-state index contributed by atoms with van der Waals surface area (Å²) >= 11 is 12.3. The number of aromatic hydroxyl groups is 2. The molecule has 0 bridgehead atoms. The largest absolute Gasteiger partial charge is 1.00 e. The first kappa shape index (κ1) is 43.2. The van der Waals surface area contributed by atoms with Crippen LogP contribution >= 0.6 is 23.2 Å². The van der Waals surface area contributed by atoms with Crippen molar-refractivity contribution in [3.8, 4) is 11.5 Å². The van der Waals surface area contributed by atoms with Gasteiger partial charge >= 0.3 is 2.85 Å². The number of phenols is 2. The van der Waals surface area contributed by atoms with E-state index in [1.165, 1.54) is 30.4 Å². The third-order valence-electron chi connectivity index (χ3n) is 8.29. The molecule has 7 rings (SSSR count). The van der Waals surface area contributed by atoms with Gasteiger partial charge in [0.25, 0.3) is 15.8 Å². The Kier molecular flexibility index (Phi) is 12.6. The van der Waals surface area contributed by atoms with Gasteiger partial charge in [0, 0.05) is 68.2 Å². The van der Waals surface area contributed by atoms with Crippen LogP contribution in [0.25, 0.3) is 21.8 Å². The number of carbonyl (C=O) groups is 2. The fourth-order valence-corrected chi connectivity index (χ4v) is 7.33. The van der Waals surface area contributed by atoms with Crippen LogP contribution in [-0.4, -0.2) is 59.5 Å². The number of allylic oxidation sites excluding steroid dienone is 2. The van der Waals surface area contributed by atoms with Gasteiger partial charge in [-0.1, -0.05) is 53.5 Å². The van der Waals surface area contributed by atoms with Crippen LogP contribution in [0.1, 0.15) is 25.1 Å². The Balaban J connectivity index is 0.000000309. The van der Waals surface area contributed by atoms with Crippen LogP contribution in [0, 0.1) is 10.1 Å². The standard InChI is InChI=1S/C20H13N3O7S.C16H11Cl2N3O4S.Cr/c24-16-8-5-11-3-1-2-4-13(11)19(16)21-22-20-14-7-6-12(23(26)27)9-15(14)18(10-17(20)25)31(28,29)30;17-10-3-4-11(18)15-9(10)2-6-14(23)16(15)21-20-12-7-8(26(19,24)25)1-5-13(12)22;/h1-10,21,24H,(H,28,29,30);1-7,20,22H,(H2,19,24,25);/p+2/b22-20-;21-16+;. The van der Waals surface area contributed by atoms with E-state index in [-0.39, 0.29) is 75.6 Å². The quantitative estimate of drug-likeness (QED) is 0.0469. The minimum absolute atomic E-state index is 0. The number of primary sulfonamides is 1. The Bertz CT molecular complexity index is 2950.